The van der Waals surface area contributed by atoms with Gasteiger partial charge in [0.25, 0.3) is 5.91 Å². The Balaban J connectivity index is 1.63. The molecule has 136 valence electrons. The molecule has 4 rings (SSSR count). The molecule has 2 N–H and O–H groups in total. The number of halogens is 1. The van der Waals surface area contributed by atoms with Crippen molar-refractivity contribution in [3.05, 3.63) is 23.5 Å². The van der Waals surface area contributed by atoms with Gasteiger partial charge >= 0.3 is 10.2 Å². The summed E-state index contributed by atoms with van der Waals surface area (Å²) >= 11 is 0. The van der Waals surface area contributed by atoms with Gasteiger partial charge in [0, 0.05) is 6.04 Å². The average molecular weight is 369 g/mol. The maximum atomic E-state index is 15.1. The van der Waals surface area contributed by atoms with Crippen molar-refractivity contribution in [1.82, 2.24) is 9.62 Å². The Kier molecular flexibility index (Phi) is 3.88. The van der Waals surface area contributed by atoms with Crippen molar-refractivity contribution in [3.63, 3.8) is 0 Å². The maximum Gasteiger partial charge on any atom is 0.326 e. The third-order valence-electron chi connectivity index (χ3n) is 5.23. The summed E-state index contributed by atoms with van der Waals surface area (Å²) in [4.78, 5) is 13.8. The molecule has 0 spiro atoms. The van der Waals surface area contributed by atoms with Crippen molar-refractivity contribution >= 4 is 21.8 Å². The van der Waals surface area contributed by atoms with E-state index in [1.54, 1.807) is 4.72 Å². The molecule has 7 nitrogen and oxygen atoms in total. The first-order valence-corrected chi connectivity index (χ1v) is 9.89. The minimum Gasteiger partial charge on any atom is -0.506 e. The number of nitrogens with zero attached hydrogens (tertiary/aromatic N) is 2. The quantitative estimate of drug-likeness (QED) is 0.831. The second kappa shape index (κ2) is 5.84. The molecule has 1 aromatic rings. The van der Waals surface area contributed by atoms with Crippen LogP contribution >= 0.6 is 0 Å². The van der Waals surface area contributed by atoms with E-state index in [1.807, 2.05) is 0 Å². The second-order valence-corrected chi connectivity index (χ2v) is 8.51. The standard InChI is InChI=1S/C16H20FN3O4S/c17-15-12(10-5-7-19(8-6-10)11-1-2-11)3-4-13(21)16(15)20-9-14(22)18-25(20,23)24/h3-4,10-11,21H,1-2,5-9H2,(H,18,22). The number of likely N-dealkylation sites (tertiary alicyclic amines) is 1. The van der Waals surface area contributed by atoms with Gasteiger partial charge in [-0.2, -0.15) is 8.42 Å². The highest BCUT2D eigenvalue weighted by Gasteiger charge is 2.39. The number of benzene rings is 1. The van der Waals surface area contributed by atoms with Gasteiger partial charge in [0.2, 0.25) is 0 Å². The number of phenolic OH excluding ortho intramolecular Hbond substituents is 1. The van der Waals surface area contributed by atoms with Crippen LogP contribution in [0.1, 0.15) is 37.2 Å². The third-order valence-corrected chi connectivity index (χ3v) is 6.60. The highest BCUT2D eigenvalue weighted by molar-refractivity contribution is 7.92. The molecule has 1 aromatic carbocycles. The van der Waals surface area contributed by atoms with Crippen LogP contribution in [0.3, 0.4) is 0 Å². The highest BCUT2D eigenvalue weighted by atomic mass is 32.2. The summed E-state index contributed by atoms with van der Waals surface area (Å²) in [7, 11) is -4.17. The molecule has 0 atom stereocenters. The summed E-state index contributed by atoms with van der Waals surface area (Å²) < 4.78 is 41.5. The molecule has 3 fully saturated rings. The zero-order valence-electron chi connectivity index (χ0n) is 13.6. The first-order chi connectivity index (χ1) is 11.9. The summed E-state index contributed by atoms with van der Waals surface area (Å²) in [6.07, 6.45) is 4.05. The van der Waals surface area contributed by atoms with Gasteiger partial charge in [-0.15, -0.1) is 0 Å². The topological polar surface area (TPSA) is 90.0 Å². The van der Waals surface area contributed by atoms with Crippen molar-refractivity contribution in [2.75, 3.05) is 23.9 Å². The van der Waals surface area contributed by atoms with Crippen LogP contribution in [0.5, 0.6) is 5.75 Å². The molecule has 0 unspecified atom stereocenters. The first-order valence-electron chi connectivity index (χ1n) is 8.45. The molecule has 0 radical (unpaired) electrons. The van der Waals surface area contributed by atoms with Gasteiger partial charge in [-0.1, -0.05) is 6.07 Å². The normalized spacial score (nSPS) is 24.5. The number of phenols is 1. The number of amides is 1. The van der Waals surface area contributed by atoms with Crippen LogP contribution in [-0.2, 0) is 15.0 Å². The van der Waals surface area contributed by atoms with E-state index in [0.29, 0.717) is 15.9 Å². The van der Waals surface area contributed by atoms with Crippen molar-refractivity contribution < 1.29 is 22.7 Å². The van der Waals surface area contributed by atoms with E-state index in [-0.39, 0.29) is 5.92 Å². The van der Waals surface area contributed by atoms with E-state index < -0.39 is 39.9 Å². The Hall–Kier alpha value is -1.87. The van der Waals surface area contributed by atoms with Crippen LogP contribution in [0, 0.1) is 5.82 Å². The Morgan fingerprint density at radius 1 is 1.16 bits per heavy atom. The molecule has 1 saturated carbocycles. The molecule has 1 aliphatic carbocycles. The first kappa shape index (κ1) is 16.6. The number of carbonyl (C=O) groups is 1. The summed E-state index contributed by atoms with van der Waals surface area (Å²) in [5.41, 5.74) is -0.0433. The van der Waals surface area contributed by atoms with E-state index in [4.69, 9.17) is 0 Å². The number of hydrogen-bond acceptors (Lipinski definition) is 5. The van der Waals surface area contributed by atoms with Crippen molar-refractivity contribution in [2.24, 2.45) is 0 Å². The van der Waals surface area contributed by atoms with Gasteiger partial charge in [0.05, 0.1) is 0 Å². The number of aromatic hydroxyl groups is 1. The smallest absolute Gasteiger partial charge is 0.326 e. The third kappa shape index (κ3) is 2.95. The zero-order valence-corrected chi connectivity index (χ0v) is 14.4. The molecule has 2 aliphatic heterocycles. The monoisotopic (exact) mass is 369 g/mol. The number of hydrogen-bond donors (Lipinski definition) is 2. The fourth-order valence-corrected chi connectivity index (χ4v) is 4.95. The number of anilines is 1. The van der Waals surface area contributed by atoms with Crippen molar-refractivity contribution in [1.29, 1.82) is 0 Å². The molecule has 0 bridgehead atoms. The van der Waals surface area contributed by atoms with Gasteiger partial charge in [0.15, 0.2) is 5.82 Å². The van der Waals surface area contributed by atoms with Crippen LogP contribution < -0.4 is 9.03 Å². The average Bonchev–Trinajstić information content (AvgIpc) is 3.35. The number of rotatable bonds is 3. The zero-order chi connectivity index (χ0) is 17.8. The van der Waals surface area contributed by atoms with Gasteiger partial charge in [-0.25, -0.2) is 13.4 Å². The van der Waals surface area contributed by atoms with E-state index in [9.17, 15) is 18.3 Å². The molecule has 25 heavy (non-hydrogen) atoms. The second-order valence-electron chi connectivity index (χ2n) is 6.91. The minimum absolute atomic E-state index is 0.0247. The largest absolute Gasteiger partial charge is 0.506 e. The molecule has 1 amide bonds. The van der Waals surface area contributed by atoms with Crippen LogP contribution in [0.2, 0.25) is 0 Å². The molecular formula is C16H20FN3O4S. The molecule has 3 aliphatic rings. The summed E-state index contributed by atoms with van der Waals surface area (Å²) in [5, 5.41) is 10.0. The highest BCUT2D eigenvalue weighted by Crippen LogP contribution is 2.41. The van der Waals surface area contributed by atoms with Crippen LogP contribution in [0.4, 0.5) is 10.1 Å². The molecule has 0 aromatic heterocycles. The lowest BCUT2D eigenvalue weighted by atomic mass is 9.88. The van der Waals surface area contributed by atoms with Crippen LogP contribution in [0.25, 0.3) is 0 Å². The van der Waals surface area contributed by atoms with Gasteiger partial charge in [0.1, 0.15) is 18.0 Å². The predicted octanol–water partition coefficient (Wildman–Crippen LogP) is 1.05. The van der Waals surface area contributed by atoms with Gasteiger partial charge < -0.3 is 10.0 Å². The summed E-state index contributed by atoms with van der Waals surface area (Å²) in [5.74, 6) is -2.02. The molecular weight excluding hydrogens is 349 g/mol. The Morgan fingerprint density at radius 3 is 2.40 bits per heavy atom. The lowest BCUT2D eigenvalue weighted by Crippen LogP contribution is -2.35. The van der Waals surface area contributed by atoms with E-state index in [2.05, 4.69) is 4.90 Å². The van der Waals surface area contributed by atoms with Crippen LogP contribution in [-0.4, -0.2) is 50.0 Å². The lowest BCUT2D eigenvalue weighted by molar-refractivity contribution is -0.117. The molecule has 2 heterocycles. The summed E-state index contributed by atoms with van der Waals surface area (Å²) in [6, 6.07) is 3.50. The van der Waals surface area contributed by atoms with E-state index >= 15 is 4.39 Å². The fourth-order valence-electron chi connectivity index (χ4n) is 3.78. The SMILES string of the molecule is O=C1CN(c2c(O)ccc(C3CCN(C4CC4)CC3)c2F)S(=O)(=O)N1. The van der Waals surface area contributed by atoms with Crippen LogP contribution in [0.15, 0.2) is 12.1 Å². The lowest BCUT2D eigenvalue weighted by Gasteiger charge is -2.32. The van der Waals surface area contributed by atoms with E-state index in [1.165, 1.54) is 25.0 Å². The number of nitrogens with one attached hydrogen (secondary N) is 1. The van der Waals surface area contributed by atoms with Gasteiger partial charge in [-0.3, -0.25) is 4.79 Å². The van der Waals surface area contributed by atoms with E-state index in [0.717, 1.165) is 25.9 Å². The Labute approximate surface area is 145 Å². The summed E-state index contributed by atoms with van der Waals surface area (Å²) in [6.45, 7) is 1.26. The minimum atomic E-state index is -4.17. The van der Waals surface area contributed by atoms with Crippen molar-refractivity contribution in [2.45, 2.75) is 37.6 Å². The Bertz CT molecular complexity index is 817. The Morgan fingerprint density at radius 2 is 1.84 bits per heavy atom. The van der Waals surface area contributed by atoms with Gasteiger partial charge in [-0.05, 0) is 56.3 Å². The number of piperidine rings is 1. The molecule has 2 saturated heterocycles. The fraction of sp³-hybridized carbons (Fsp3) is 0.562. The molecule has 9 heteroatoms. The number of carbonyl (C=O) groups excluding carboxylic acids is 1. The van der Waals surface area contributed by atoms with Crippen molar-refractivity contribution in [3.8, 4) is 5.75 Å². The maximum absolute atomic E-state index is 15.1. The predicted molar refractivity (Wildman–Crippen MR) is 89.0 cm³/mol.